The van der Waals surface area contributed by atoms with Gasteiger partial charge in [0.25, 0.3) is 0 Å². The first kappa shape index (κ1) is 11.8. The molecule has 1 aliphatic heterocycles. The van der Waals surface area contributed by atoms with Crippen LogP contribution in [0.25, 0.3) is 0 Å². The Hall–Kier alpha value is -1.32. The molecule has 1 heterocycles. The van der Waals surface area contributed by atoms with Crippen LogP contribution in [0.4, 0.5) is 4.39 Å². The monoisotopic (exact) mass is 278 g/mol. The van der Waals surface area contributed by atoms with Crippen molar-refractivity contribution in [3.8, 4) is 0 Å². The summed E-state index contributed by atoms with van der Waals surface area (Å²) >= 11 is 7.41. The van der Waals surface area contributed by atoms with E-state index < -0.39 is 0 Å². The number of rotatable bonds is 0. The minimum absolute atomic E-state index is 0.0713. The molecule has 1 nitrogen and oxygen atoms in total. The SMILES string of the molecule is O=C1Cc2cc(Cl)ccc2Sc2ccc(F)cc21. The molecule has 90 valence electrons. The van der Waals surface area contributed by atoms with Gasteiger partial charge >= 0.3 is 0 Å². The van der Waals surface area contributed by atoms with E-state index in [1.54, 1.807) is 18.2 Å². The summed E-state index contributed by atoms with van der Waals surface area (Å²) in [5, 5.41) is 0.610. The van der Waals surface area contributed by atoms with Crippen LogP contribution in [0.3, 0.4) is 0 Å². The highest BCUT2D eigenvalue weighted by atomic mass is 35.5. The van der Waals surface area contributed by atoms with Crippen molar-refractivity contribution in [2.45, 2.75) is 16.2 Å². The van der Waals surface area contributed by atoms with Gasteiger partial charge in [0.05, 0.1) is 0 Å². The van der Waals surface area contributed by atoms with Crippen molar-refractivity contribution in [1.29, 1.82) is 0 Å². The molecule has 0 fully saturated rings. The number of hydrogen-bond acceptors (Lipinski definition) is 2. The van der Waals surface area contributed by atoms with E-state index in [2.05, 4.69) is 0 Å². The summed E-state index contributed by atoms with van der Waals surface area (Å²) in [5.41, 5.74) is 1.35. The normalized spacial score (nSPS) is 13.8. The van der Waals surface area contributed by atoms with Crippen molar-refractivity contribution in [2.24, 2.45) is 0 Å². The van der Waals surface area contributed by atoms with Gasteiger partial charge in [-0.15, -0.1) is 0 Å². The van der Waals surface area contributed by atoms with Gasteiger partial charge in [-0.1, -0.05) is 23.4 Å². The van der Waals surface area contributed by atoms with Gasteiger partial charge in [-0.2, -0.15) is 0 Å². The van der Waals surface area contributed by atoms with Crippen LogP contribution in [0.5, 0.6) is 0 Å². The quantitative estimate of drug-likeness (QED) is 0.712. The fourth-order valence-corrected chi connectivity index (χ4v) is 3.23. The van der Waals surface area contributed by atoms with E-state index in [9.17, 15) is 9.18 Å². The Morgan fingerprint density at radius 3 is 2.72 bits per heavy atom. The Morgan fingerprint density at radius 1 is 1.11 bits per heavy atom. The Morgan fingerprint density at radius 2 is 1.89 bits per heavy atom. The van der Waals surface area contributed by atoms with Crippen LogP contribution in [0.15, 0.2) is 46.2 Å². The van der Waals surface area contributed by atoms with Crippen molar-refractivity contribution in [1.82, 2.24) is 0 Å². The molecule has 2 aromatic rings. The van der Waals surface area contributed by atoms with Crippen molar-refractivity contribution >= 4 is 29.1 Å². The molecule has 3 rings (SSSR count). The zero-order valence-corrected chi connectivity index (χ0v) is 10.8. The fourth-order valence-electron chi connectivity index (χ4n) is 1.98. The second-order valence-corrected chi connectivity index (χ2v) is 5.61. The molecule has 0 aliphatic carbocycles. The third-order valence-electron chi connectivity index (χ3n) is 2.84. The molecule has 0 saturated carbocycles. The van der Waals surface area contributed by atoms with Crippen molar-refractivity contribution in [2.75, 3.05) is 0 Å². The molecule has 0 unspecified atom stereocenters. The van der Waals surface area contributed by atoms with E-state index >= 15 is 0 Å². The molecule has 0 bridgehead atoms. The van der Waals surface area contributed by atoms with Crippen molar-refractivity contribution < 1.29 is 9.18 Å². The first-order chi connectivity index (χ1) is 8.63. The van der Waals surface area contributed by atoms with Crippen LogP contribution in [-0.4, -0.2) is 5.78 Å². The van der Waals surface area contributed by atoms with E-state index in [4.69, 9.17) is 11.6 Å². The summed E-state index contributed by atoms with van der Waals surface area (Å²) in [6.45, 7) is 0. The Balaban J connectivity index is 2.16. The van der Waals surface area contributed by atoms with Crippen LogP contribution in [0.1, 0.15) is 15.9 Å². The first-order valence-corrected chi connectivity index (χ1v) is 6.62. The molecule has 1 aliphatic rings. The average molecular weight is 279 g/mol. The first-order valence-electron chi connectivity index (χ1n) is 5.42. The van der Waals surface area contributed by atoms with Gasteiger partial charge in [-0.05, 0) is 42.0 Å². The Bertz CT molecular complexity index is 654. The van der Waals surface area contributed by atoms with Crippen LogP contribution in [0.2, 0.25) is 5.02 Å². The molecule has 0 spiro atoms. The minimum Gasteiger partial charge on any atom is -0.294 e. The third kappa shape index (κ3) is 2.04. The second kappa shape index (κ2) is 4.41. The lowest BCUT2D eigenvalue weighted by Gasteiger charge is -2.04. The molecule has 0 amide bonds. The lowest BCUT2D eigenvalue weighted by atomic mass is 10.0. The minimum atomic E-state index is -0.383. The molecular formula is C14H8ClFOS. The summed E-state index contributed by atoms with van der Waals surface area (Å²) in [6.07, 6.45) is 0.263. The highest BCUT2D eigenvalue weighted by Crippen LogP contribution is 2.38. The van der Waals surface area contributed by atoms with Gasteiger partial charge in [0, 0.05) is 26.8 Å². The van der Waals surface area contributed by atoms with Gasteiger partial charge < -0.3 is 0 Å². The maximum absolute atomic E-state index is 13.2. The molecule has 0 N–H and O–H groups in total. The van der Waals surface area contributed by atoms with E-state index in [1.165, 1.54) is 23.9 Å². The largest absolute Gasteiger partial charge is 0.294 e. The van der Waals surface area contributed by atoms with Crippen LogP contribution in [0, 0.1) is 5.82 Å². The number of fused-ring (bicyclic) bond motifs is 2. The van der Waals surface area contributed by atoms with Gasteiger partial charge in [0.2, 0.25) is 0 Å². The number of carbonyl (C=O) groups is 1. The standard InChI is InChI=1S/C14H8ClFOS/c15-9-1-3-13-8(5-9)6-12(17)11-7-10(16)2-4-14(11)18-13/h1-5,7H,6H2. The lowest BCUT2D eigenvalue weighted by molar-refractivity contribution is 0.0989. The summed E-state index contributed by atoms with van der Waals surface area (Å²) < 4.78 is 13.2. The molecule has 4 heteroatoms. The predicted octanol–water partition coefficient (Wildman–Crippen LogP) is 4.37. The number of ketones is 1. The topological polar surface area (TPSA) is 17.1 Å². The zero-order valence-electron chi connectivity index (χ0n) is 9.24. The maximum Gasteiger partial charge on any atom is 0.168 e. The third-order valence-corrected chi connectivity index (χ3v) is 4.26. The zero-order chi connectivity index (χ0) is 12.7. The van der Waals surface area contributed by atoms with Crippen LogP contribution >= 0.6 is 23.4 Å². The van der Waals surface area contributed by atoms with Gasteiger partial charge in [-0.3, -0.25) is 4.79 Å². The van der Waals surface area contributed by atoms with Crippen LogP contribution < -0.4 is 0 Å². The highest BCUT2D eigenvalue weighted by Gasteiger charge is 2.20. The average Bonchev–Trinajstić information content (AvgIpc) is 2.46. The predicted molar refractivity (Wildman–Crippen MR) is 70.0 cm³/mol. The van der Waals surface area contributed by atoms with E-state index in [-0.39, 0.29) is 18.0 Å². The molecule has 18 heavy (non-hydrogen) atoms. The number of benzene rings is 2. The number of carbonyl (C=O) groups excluding carboxylic acids is 1. The smallest absolute Gasteiger partial charge is 0.168 e. The Labute approximate surface area is 113 Å². The van der Waals surface area contributed by atoms with Gasteiger partial charge in [-0.25, -0.2) is 4.39 Å². The van der Waals surface area contributed by atoms with Gasteiger partial charge in [0.1, 0.15) is 5.82 Å². The second-order valence-electron chi connectivity index (χ2n) is 4.09. The van der Waals surface area contributed by atoms with E-state index in [0.717, 1.165) is 15.4 Å². The van der Waals surface area contributed by atoms with Crippen molar-refractivity contribution in [3.63, 3.8) is 0 Å². The van der Waals surface area contributed by atoms with E-state index in [0.29, 0.717) is 10.6 Å². The molecule has 0 aromatic heterocycles. The Kier molecular flexibility index (Phi) is 2.88. The lowest BCUT2D eigenvalue weighted by Crippen LogP contribution is -2.03. The number of hydrogen-bond donors (Lipinski definition) is 0. The fraction of sp³-hybridized carbons (Fsp3) is 0.0714. The molecule has 0 radical (unpaired) electrons. The molecule has 2 aromatic carbocycles. The summed E-state index contributed by atoms with van der Waals surface area (Å²) in [6, 6.07) is 9.82. The molecular weight excluding hydrogens is 271 g/mol. The summed E-state index contributed by atoms with van der Waals surface area (Å²) in [4.78, 5) is 13.9. The maximum atomic E-state index is 13.2. The van der Waals surface area contributed by atoms with E-state index in [1.807, 2.05) is 6.07 Å². The highest BCUT2D eigenvalue weighted by molar-refractivity contribution is 7.99. The molecule has 0 atom stereocenters. The molecule has 0 saturated heterocycles. The summed E-state index contributed by atoms with van der Waals surface area (Å²) in [7, 11) is 0. The van der Waals surface area contributed by atoms with Crippen LogP contribution in [-0.2, 0) is 6.42 Å². The number of halogens is 2. The van der Waals surface area contributed by atoms with Gasteiger partial charge in [0.15, 0.2) is 5.78 Å². The number of Topliss-reactive ketones (excluding diaryl/α,β-unsaturated/α-hetero) is 1. The van der Waals surface area contributed by atoms with Crippen molar-refractivity contribution in [3.05, 3.63) is 58.4 Å². The summed E-state index contributed by atoms with van der Waals surface area (Å²) in [5.74, 6) is -0.454.